The molecule has 14 heavy (non-hydrogen) atoms. The Labute approximate surface area is 83.1 Å². The van der Waals surface area contributed by atoms with Crippen molar-refractivity contribution in [1.82, 2.24) is 0 Å². The van der Waals surface area contributed by atoms with Crippen molar-refractivity contribution < 1.29 is 9.90 Å². The monoisotopic (exact) mass is 191 g/mol. The number of aliphatic imine (C=N–C) groups is 1. The van der Waals surface area contributed by atoms with Crippen molar-refractivity contribution in [2.45, 2.75) is 12.8 Å². The summed E-state index contributed by atoms with van der Waals surface area (Å²) in [6.45, 7) is 0.650. The first kappa shape index (κ1) is 10.4. The molecular weight excluding hydrogens is 178 g/mol. The van der Waals surface area contributed by atoms with Crippen LogP contribution < -0.4 is 0 Å². The summed E-state index contributed by atoms with van der Waals surface area (Å²) in [6.07, 6.45) is 2.32. The van der Waals surface area contributed by atoms with E-state index in [1.807, 2.05) is 30.3 Å². The van der Waals surface area contributed by atoms with Crippen LogP contribution in [0, 0.1) is 0 Å². The number of carbonyl (C=O) groups is 1. The van der Waals surface area contributed by atoms with Crippen LogP contribution in [-0.2, 0) is 11.2 Å². The van der Waals surface area contributed by atoms with Crippen molar-refractivity contribution in [1.29, 1.82) is 0 Å². The second-order valence-corrected chi connectivity index (χ2v) is 2.92. The van der Waals surface area contributed by atoms with Gasteiger partial charge in [-0.3, -0.25) is 9.79 Å². The fraction of sp³-hybridized carbons (Fsp3) is 0.273. The van der Waals surface area contributed by atoms with Crippen LogP contribution in [0.4, 0.5) is 0 Å². The molecule has 0 bridgehead atoms. The molecule has 1 rings (SSSR count). The molecule has 0 unspecified atom stereocenters. The lowest BCUT2D eigenvalue weighted by molar-refractivity contribution is -0.135. The molecule has 74 valence electrons. The molecule has 0 spiro atoms. The Morgan fingerprint density at radius 1 is 1.36 bits per heavy atom. The van der Waals surface area contributed by atoms with Gasteiger partial charge in [-0.25, -0.2) is 0 Å². The third-order valence-electron chi connectivity index (χ3n) is 1.77. The number of carboxylic acid groups (broad SMARTS) is 1. The fourth-order valence-corrected chi connectivity index (χ4v) is 1.07. The molecule has 0 aliphatic heterocycles. The minimum absolute atomic E-state index is 0.00872. The molecule has 1 aromatic carbocycles. The van der Waals surface area contributed by atoms with Crippen molar-refractivity contribution in [3.8, 4) is 0 Å². The summed E-state index contributed by atoms with van der Waals surface area (Å²) in [7, 11) is 0. The van der Waals surface area contributed by atoms with Gasteiger partial charge in [0.15, 0.2) is 0 Å². The number of hydrogen-bond donors (Lipinski definition) is 1. The van der Waals surface area contributed by atoms with Gasteiger partial charge in [0, 0.05) is 12.8 Å². The predicted octanol–water partition coefficient (Wildman–Crippen LogP) is 1.77. The van der Waals surface area contributed by atoms with Crippen molar-refractivity contribution in [2.75, 3.05) is 6.54 Å². The Balaban J connectivity index is 2.22. The molecule has 3 nitrogen and oxygen atoms in total. The maximum atomic E-state index is 10.1. The molecule has 0 aliphatic carbocycles. The smallest absolute Gasteiger partial charge is 0.308 e. The van der Waals surface area contributed by atoms with E-state index in [2.05, 4.69) is 4.99 Å². The highest BCUT2D eigenvalue weighted by Gasteiger charge is 1.91. The first-order valence-electron chi connectivity index (χ1n) is 4.53. The van der Waals surface area contributed by atoms with Gasteiger partial charge in [0.1, 0.15) is 0 Å². The van der Waals surface area contributed by atoms with Crippen LogP contribution in [0.3, 0.4) is 0 Å². The molecule has 3 heteroatoms. The van der Waals surface area contributed by atoms with Crippen molar-refractivity contribution in [3.05, 3.63) is 35.9 Å². The molecule has 0 fully saturated rings. The van der Waals surface area contributed by atoms with E-state index in [0.717, 1.165) is 6.42 Å². The Morgan fingerprint density at radius 2 is 2.07 bits per heavy atom. The van der Waals surface area contributed by atoms with E-state index in [4.69, 9.17) is 5.11 Å². The zero-order valence-corrected chi connectivity index (χ0v) is 7.89. The molecule has 0 aliphatic rings. The average molecular weight is 191 g/mol. The van der Waals surface area contributed by atoms with Gasteiger partial charge < -0.3 is 5.11 Å². The largest absolute Gasteiger partial charge is 0.481 e. The van der Waals surface area contributed by atoms with Crippen LogP contribution in [0.1, 0.15) is 12.0 Å². The third kappa shape index (κ3) is 4.40. The quantitative estimate of drug-likeness (QED) is 0.721. The summed E-state index contributed by atoms with van der Waals surface area (Å²) in [4.78, 5) is 14.1. The molecule has 0 radical (unpaired) electrons. The number of aliphatic carboxylic acids is 1. The predicted molar refractivity (Wildman–Crippen MR) is 55.8 cm³/mol. The Kier molecular flexibility index (Phi) is 4.41. The van der Waals surface area contributed by atoms with Gasteiger partial charge in [0.05, 0.1) is 6.42 Å². The standard InChI is InChI=1S/C11H13NO2/c13-11(14)7-9-12-8-6-10-4-2-1-3-5-10/h1-5,9H,6-8H2,(H,13,14). The summed E-state index contributed by atoms with van der Waals surface area (Å²) in [5.41, 5.74) is 1.22. The van der Waals surface area contributed by atoms with Crippen LogP contribution in [0.5, 0.6) is 0 Å². The SMILES string of the molecule is O=C(O)CC=NCCc1ccccc1. The number of nitrogens with zero attached hydrogens (tertiary/aromatic N) is 1. The first-order chi connectivity index (χ1) is 6.79. The topological polar surface area (TPSA) is 49.7 Å². The molecule has 1 aromatic rings. The third-order valence-corrected chi connectivity index (χ3v) is 1.77. The summed E-state index contributed by atoms with van der Waals surface area (Å²) >= 11 is 0. The second kappa shape index (κ2) is 5.91. The van der Waals surface area contributed by atoms with Crippen molar-refractivity contribution in [2.24, 2.45) is 4.99 Å². The highest BCUT2D eigenvalue weighted by Crippen LogP contribution is 1.98. The fourth-order valence-electron chi connectivity index (χ4n) is 1.07. The normalized spacial score (nSPS) is 10.6. The molecule has 0 saturated carbocycles. The zero-order valence-electron chi connectivity index (χ0n) is 7.89. The second-order valence-electron chi connectivity index (χ2n) is 2.92. The number of rotatable bonds is 5. The molecule has 0 aromatic heterocycles. The number of benzene rings is 1. The van der Waals surface area contributed by atoms with Gasteiger partial charge in [-0.1, -0.05) is 30.3 Å². The van der Waals surface area contributed by atoms with E-state index in [1.54, 1.807) is 0 Å². The summed E-state index contributed by atoms with van der Waals surface area (Å²) < 4.78 is 0. The van der Waals surface area contributed by atoms with Crippen LogP contribution in [0.15, 0.2) is 35.3 Å². The van der Waals surface area contributed by atoms with Gasteiger partial charge in [0.25, 0.3) is 0 Å². The van der Waals surface area contributed by atoms with Gasteiger partial charge >= 0.3 is 5.97 Å². The Morgan fingerprint density at radius 3 is 2.71 bits per heavy atom. The van der Waals surface area contributed by atoms with Gasteiger partial charge in [0.2, 0.25) is 0 Å². The van der Waals surface area contributed by atoms with Crippen LogP contribution in [-0.4, -0.2) is 23.8 Å². The van der Waals surface area contributed by atoms with Gasteiger partial charge in [-0.2, -0.15) is 0 Å². The van der Waals surface area contributed by atoms with Gasteiger partial charge in [-0.15, -0.1) is 0 Å². The van der Waals surface area contributed by atoms with Crippen molar-refractivity contribution in [3.63, 3.8) is 0 Å². The van der Waals surface area contributed by atoms with E-state index in [-0.39, 0.29) is 6.42 Å². The number of hydrogen-bond acceptors (Lipinski definition) is 2. The lowest BCUT2D eigenvalue weighted by Gasteiger charge is -1.95. The minimum atomic E-state index is -0.839. The molecule has 0 heterocycles. The van der Waals surface area contributed by atoms with E-state index in [1.165, 1.54) is 11.8 Å². The molecule has 0 saturated heterocycles. The number of carboxylic acids is 1. The Hall–Kier alpha value is -1.64. The average Bonchev–Trinajstić information content (AvgIpc) is 2.18. The minimum Gasteiger partial charge on any atom is -0.481 e. The first-order valence-corrected chi connectivity index (χ1v) is 4.53. The van der Waals surface area contributed by atoms with Crippen LogP contribution in [0.25, 0.3) is 0 Å². The lowest BCUT2D eigenvalue weighted by Crippen LogP contribution is -1.96. The highest BCUT2D eigenvalue weighted by molar-refractivity contribution is 5.84. The van der Waals surface area contributed by atoms with Crippen LogP contribution in [0.2, 0.25) is 0 Å². The maximum absolute atomic E-state index is 10.1. The van der Waals surface area contributed by atoms with Crippen LogP contribution >= 0.6 is 0 Å². The van der Waals surface area contributed by atoms with E-state index >= 15 is 0 Å². The lowest BCUT2D eigenvalue weighted by atomic mass is 10.2. The summed E-state index contributed by atoms with van der Waals surface area (Å²) in [5.74, 6) is -0.839. The van der Waals surface area contributed by atoms with Crippen molar-refractivity contribution >= 4 is 12.2 Å². The molecule has 0 atom stereocenters. The maximum Gasteiger partial charge on any atom is 0.308 e. The van der Waals surface area contributed by atoms with E-state index in [9.17, 15) is 4.79 Å². The molecular formula is C11H13NO2. The van der Waals surface area contributed by atoms with E-state index in [0.29, 0.717) is 6.54 Å². The molecule has 1 N–H and O–H groups in total. The zero-order chi connectivity index (χ0) is 10.2. The van der Waals surface area contributed by atoms with E-state index < -0.39 is 5.97 Å². The summed E-state index contributed by atoms with van der Waals surface area (Å²) in [5, 5.41) is 8.34. The highest BCUT2D eigenvalue weighted by atomic mass is 16.4. The van der Waals surface area contributed by atoms with Gasteiger partial charge in [-0.05, 0) is 12.0 Å². The summed E-state index contributed by atoms with van der Waals surface area (Å²) in [6, 6.07) is 10.0. The Bertz CT molecular complexity index is 306. The molecule has 0 amide bonds.